The predicted octanol–water partition coefficient (Wildman–Crippen LogP) is 5.38. The Labute approximate surface area is 207 Å². The monoisotopic (exact) mass is 526 g/mol. The Morgan fingerprint density at radius 1 is 0.970 bits per heavy atom. The highest BCUT2D eigenvalue weighted by Crippen LogP contribution is 2.28. The highest BCUT2D eigenvalue weighted by atomic mass is 35.5. The minimum absolute atomic E-state index is 0.00976. The van der Waals surface area contributed by atoms with E-state index in [1.807, 2.05) is 30.3 Å². The molecule has 3 rings (SSSR count). The molecule has 0 aliphatic heterocycles. The van der Waals surface area contributed by atoms with Crippen molar-refractivity contribution < 1.29 is 17.9 Å². The summed E-state index contributed by atoms with van der Waals surface area (Å²) in [7, 11) is -3.82. The number of halogens is 3. The molecule has 0 saturated heterocycles. The van der Waals surface area contributed by atoms with E-state index >= 15 is 0 Å². The third-order valence-electron chi connectivity index (χ3n) is 4.70. The van der Waals surface area contributed by atoms with Crippen molar-refractivity contribution in [3.63, 3.8) is 0 Å². The first kappa shape index (κ1) is 25.3. The Hall–Kier alpha value is -2.29. The molecule has 0 heterocycles. The first-order chi connectivity index (χ1) is 15.7. The van der Waals surface area contributed by atoms with E-state index in [1.165, 1.54) is 18.2 Å². The topological polar surface area (TPSA) is 84.5 Å². The number of hydrogen-bond donors (Lipinski definition) is 2. The van der Waals surface area contributed by atoms with Gasteiger partial charge in [-0.1, -0.05) is 71.2 Å². The normalized spacial score (nSPS) is 12.2. The zero-order chi connectivity index (χ0) is 24.0. The van der Waals surface area contributed by atoms with Gasteiger partial charge in [-0.05, 0) is 48.4 Å². The smallest absolute Gasteiger partial charge is 0.258 e. The lowest BCUT2D eigenvalue weighted by Crippen LogP contribution is -2.28. The molecule has 0 saturated carbocycles. The molecule has 0 aromatic heterocycles. The molecule has 0 spiro atoms. The quantitative estimate of drug-likeness (QED) is 0.391. The molecule has 0 radical (unpaired) electrons. The Bertz CT molecular complexity index is 1240. The first-order valence-corrected chi connectivity index (χ1v) is 12.5. The maximum absolute atomic E-state index is 12.7. The van der Waals surface area contributed by atoms with Crippen LogP contribution >= 0.6 is 34.8 Å². The molecule has 33 heavy (non-hydrogen) atoms. The van der Waals surface area contributed by atoms with Crippen molar-refractivity contribution in [2.24, 2.45) is 0 Å². The van der Waals surface area contributed by atoms with Crippen LogP contribution in [0.2, 0.25) is 15.1 Å². The van der Waals surface area contributed by atoms with Gasteiger partial charge in [-0.3, -0.25) is 4.79 Å². The van der Waals surface area contributed by atoms with Gasteiger partial charge in [0.1, 0.15) is 5.75 Å². The lowest BCUT2D eigenvalue weighted by molar-refractivity contribution is -0.123. The number of carbonyl (C=O) groups is 1. The van der Waals surface area contributed by atoms with E-state index in [0.29, 0.717) is 15.6 Å². The molecule has 10 heteroatoms. The van der Waals surface area contributed by atoms with E-state index in [2.05, 4.69) is 10.0 Å². The summed E-state index contributed by atoms with van der Waals surface area (Å²) < 4.78 is 33.5. The largest absolute Gasteiger partial charge is 0.482 e. The van der Waals surface area contributed by atoms with Gasteiger partial charge in [0.2, 0.25) is 10.0 Å². The van der Waals surface area contributed by atoms with E-state index in [-0.39, 0.29) is 28.8 Å². The van der Waals surface area contributed by atoms with Crippen LogP contribution in [0.3, 0.4) is 0 Å². The van der Waals surface area contributed by atoms with Gasteiger partial charge in [0.25, 0.3) is 5.91 Å². The molecule has 1 amide bonds. The van der Waals surface area contributed by atoms with Crippen LogP contribution in [0, 0.1) is 0 Å². The number of hydrogen-bond acceptors (Lipinski definition) is 4. The number of carbonyl (C=O) groups excluding carboxylic acids is 1. The average Bonchev–Trinajstić information content (AvgIpc) is 2.78. The molecule has 6 nitrogen and oxygen atoms in total. The molecule has 0 bridgehead atoms. The van der Waals surface area contributed by atoms with Gasteiger partial charge < -0.3 is 10.1 Å². The Balaban J connectivity index is 1.58. The summed E-state index contributed by atoms with van der Waals surface area (Å²) in [6.07, 6.45) is 0. The molecular weight excluding hydrogens is 507 g/mol. The summed E-state index contributed by atoms with van der Waals surface area (Å²) in [6, 6.07) is 17.8. The van der Waals surface area contributed by atoms with Gasteiger partial charge in [-0.2, -0.15) is 0 Å². The van der Waals surface area contributed by atoms with Crippen molar-refractivity contribution in [1.82, 2.24) is 10.0 Å². The van der Waals surface area contributed by atoms with Crippen LogP contribution in [-0.4, -0.2) is 20.9 Å². The highest BCUT2D eigenvalue weighted by Gasteiger charge is 2.20. The van der Waals surface area contributed by atoms with E-state index in [0.717, 1.165) is 5.56 Å². The first-order valence-electron chi connectivity index (χ1n) is 9.86. The van der Waals surface area contributed by atoms with E-state index in [9.17, 15) is 13.2 Å². The molecule has 1 atom stereocenters. The number of rotatable bonds is 9. The molecular formula is C23H21Cl3N2O4S. The molecule has 3 aromatic rings. The Kier molecular flexibility index (Phi) is 8.62. The van der Waals surface area contributed by atoms with Gasteiger partial charge in [-0.25, -0.2) is 13.1 Å². The van der Waals surface area contributed by atoms with Crippen LogP contribution in [0.15, 0.2) is 71.6 Å². The lowest BCUT2D eigenvalue weighted by atomic mass is 10.1. The highest BCUT2D eigenvalue weighted by molar-refractivity contribution is 7.89. The van der Waals surface area contributed by atoms with Crippen molar-refractivity contribution in [3.8, 4) is 5.75 Å². The fraction of sp³-hybridized carbons (Fsp3) is 0.174. The number of nitrogens with one attached hydrogen (secondary N) is 2. The van der Waals surface area contributed by atoms with E-state index < -0.39 is 22.0 Å². The Morgan fingerprint density at radius 2 is 1.70 bits per heavy atom. The lowest BCUT2D eigenvalue weighted by Gasteiger charge is -2.15. The van der Waals surface area contributed by atoms with Crippen LogP contribution in [0.1, 0.15) is 24.1 Å². The van der Waals surface area contributed by atoms with Gasteiger partial charge in [0, 0.05) is 22.6 Å². The number of benzene rings is 3. The standard InChI is InChI=1S/C23H21Cl3N2O4S/c1-15(16-5-3-2-4-6-16)28-33(30,31)19-9-10-22(21(26)12-19)32-14-23(29)27-13-17-7-8-18(24)11-20(17)25/h2-12,15,28H,13-14H2,1H3,(H,27,29)/t15-/m0/s1. The van der Waals surface area contributed by atoms with Gasteiger partial charge in [-0.15, -0.1) is 0 Å². The molecule has 2 N–H and O–H groups in total. The van der Waals surface area contributed by atoms with E-state index in [4.69, 9.17) is 39.5 Å². The summed E-state index contributed by atoms with van der Waals surface area (Å²) in [5, 5.41) is 3.70. The van der Waals surface area contributed by atoms with Crippen molar-refractivity contribution in [1.29, 1.82) is 0 Å². The van der Waals surface area contributed by atoms with Crippen molar-refractivity contribution in [3.05, 3.63) is 92.9 Å². The van der Waals surface area contributed by atoms with Crippen molar-refractivity contribution >= 4 is 50.7 Å². The summed E-state index contributed by atoms with van der Waals surface area (Å²) in [5.41, 5.74) is 1.54. The van der Waals surface area contributed by atoms with E-state index in [1.54, 1.807) is 25.1 Å². The third kappa shape index (κ3) is 7.09. The Morgan fingerprint density at radius 3 is 2.36 bits per heavy atom. The maximum Gasteiger partial charge on any atom is 0.258 e. The van der Waals surface area contributed by atoms with Crippen LogP contribution in [0.5, 0.6) is 5.75 Å². The second kappa shape index (κ2) is 11.2. The maximum atomic E-state index is 12.7. The summed E-state index contributed by atoms with van der Waals surface area (Å²) in [6.45, 7) is 1.65. The minimum atomic E-state index is -3.82. The molecule has 0 aliphatic carbocycles. The zero-order valence-corrected chi connectivity index (χ0v) is 20.6. The predicted molar refractivity (Wildman–Crippen MR) is 130 cm³/mol. The number of ether oxygens (including phenoxy) is 1. The van der Waals surface area contributed by atoms with Gasteiger partial charge >= 0.3 is 0 Å². The summed E-state index contributed by atoms with van der Waals surface area (Å²) in [5.74, 6) is -0.210. The second-order valence-corrected chi connectivity index (χ2v) is 10.1. The minimum Gasteiger partial charge on any atom is -0.482 e. The number of sulfonamides is 1. The SMILES string of the molecule is C[C@H](NS(=O)(=O)c1ccc(OCC(=O)NCc2ccc(Cl)cc2Cl)c(Cl)c1)c1ccccc1. The fourth-order valence-corrected chi connectivity index (χ4v) is 4.96. The average molecular weight is 528 g/mol. The van der Waals surface area contributed by atoms with Crippen molar-refractivity contribution in [2.75, 3.05) is 6.61 Å². The number of amides is 1. The second-order valence-electron chi connectivity index (χ2n) is 7.15. The van der Waals surface area contributed by atoms with Gasteiger partial charge in [0.15, 0.2) is 6.61 Å². The third-order valence-corrected chi connectivity index (χ3v) is 7.12. The molecule has 0 aliphatic rings. The van der Waals surface area contributed by atoms with Crippen LogP contribution in [-0.2, 0) is 21.4 Å². The fourth-order valence-electron chi connectivity index (χ4n) is 2.93. The summed E-state index contributed by atoms with van der Waals surface area (Å²) >= 11 is 18.1. The summed E-state index contributed by atoms with van der Waals surface area (Å²) in [4.78, 5) is 12.1. The van der Waals surface area contributed by atoms with Crippen LogP contribution in [0.4, 0.5) is 0 Å². The molecule has 174 valence electrons. The molecule has 0 fully saturated rings. The van der Waals surface area contributed by atoms with Gasteiger partial charge in [0.05, 0.1) is 9.92 Å². The van der Waals surface area contributed by atoms with Crippen LogP contribution in [0.25, 0.3) is 0 Å². The zero-order valence-electron chi connectivity index (χ0n) is 17.5. The van der Waals surface area contributed by atoms with Crippen LogP contribution < -0.4 is 14.8 Å². The van der Waals surface area contributed by atoms with Crippen molar-refractivity contribution in [2.45, 2.75) is 24.4 Å². The molecule has 0 unspecified atom stereocenters. The molecule has 3 aromatic carbocycles.